The van der Waals surface area contributed by atoms with Crippen molar-refractivity contribution in [2.45, 2.75) is 29.9 Å². The largest absolute Gasteiger partial charge is 0.462 e. The average molecular weight is 499 g/mol. The summed E-state index contributed by atoms with van der Waals surface area (Å²) in [7, 11) is 0. The zero-order valence-electron chi connectivity index (χ0n) is 15.1. The van der Waals surface area contributed by atoms with Gasteiger partial charge in [-0.2, -0.15) is 0 Å². The average Bonchev–Trinajstić information content (AvgIpc) is 3.25. The van der Waals surface area contributed by atoms with Gasteiger partial charge in [-0.05, 0) is 48.4 Å². The number of ether oxygens (including phenoxy) is 1. The van der Waals surface area contributed by atoms with E-state index in [4.69, 9.17) is 4.74 Å². The summed E-state index contributed by atoms with van der Waals surface area (Å²) in [6.07, 6.45) is 0.910. The Hall–Kier alpha value is -1.21. The zero-order chi connectivity index (χ0) is 19.5. The molecule has 3 fully saturated rings. The number of hydrogen-bond acceptors (Lipinski definition) is 4. The van der Waals surface area contributed by atoms with E-state index in [2.05, 4.69) is 31.9 Å². The molecule has 6 atom stereocenters. The lowest BCUT2D eigenvalue weighted by atomic mass is 9.81. The lowest BCUT2D eigenvalue weighted by molar-refractivity contribution is -0.123. The molecular formula is C20H21Br2NO4. The van der Waals surface area contributed by atoms with E-state index < -0.39 is 5.97 Å². The van der Waals surface area contributed by atoms with Gasteiger partial charge in [0, 0.05) is 9.65 Å². The maximum Gasteiger partial charge on any atom is 0.338 e. The third kappa shape index (κ3) is 2.97. The van der Waals surface area contributed by atoms with Gasteiger partial charge in [-0.25, -0.2) is 4.79 Å². The van der Waals surface area contributed by atoms with Gasteiger partial charge in [0.1, 0.15) is 0 Å². The molecule has 2 saturated carbocycles. The Morgan fingerprint density at radius 2 is 1.59 bits per heavy atom. The second-order valence-corrected chi connectivity index (χ2v) is 10.2. The number of halogens is 2. The van der Waals surface area contributed by atoms with E-state index in [1.54, 1.807) is 24.3 Å². The molecule has 2 aliphatic carbocycles. The van der Waals surface area contributed by atoms with Gasteiger partial charge < -0.3 is 4.74 Å². The van der Waals surface area contributed by atoms with Gasteiger partial charge in [-0.1, -0.05) is 45.7 Å². The smallest absolute Gasteiger partial charge is 0.338 e. The first-order chi connectivity index (χ1) is 12.8. The van der Waals surface area contributed by atoms with Gasteiger partial charge in [0.2, 0.25) is 11.8 Å². The summed E-state index contributed by atoms with van der Waals surface area (Å²) < 4.78 is 5.22. The summed E-state index contributed by atoms with van der Waals surface area (Å²) in [5, 5.41) is 0. The summed E-state index contributed by atoms with van der Waals surface area (Å²) in [4.78, 5) is 39.8. The number of carbonyl (C=O) groups is 3. The van der Waals surface area contributed by atoms with Crippen LogP contribution < -0.4 is 4.90 Å². The first kappa shape index (κ1) is 19.1. The molecule has 1 aromatic carbocycles. The van der Waals surface area contributed by atoms with Crippen molar-refractivity contribution in [1.82, 2.24) is 0 Å². The second kappa shape index (κ2) is 6.99. The maximum absolute atomic E-state index is 13.0. The highest BCUT2D eigenvalue weighted by Crippen LogP contribution is 2.60. The minimum atomic E-state index is -0.395. The van der Waals surface area contributed by atoms with E-state index in [-0.39, 0.29) is 51.1 Å². The fourth-order valence-corrected chi connectivity index (χ4v) is 6.55. The molecule has 2 bridgehead atoms. The van der Waals surface area contributed by atoms with E-state index in [0.717, 1.165) is 6.42 Å². The van der Waals surface area contributed by atoms with Crippen molar-refractivity contribution in [2.75, 3.05) is 11.5 Å². The molecule has 1 aromatic rings. The first-order valence-corrected chi connectivity index (χ1v) is 11.1. The van der Waals surface area contributed by atoms with Gasteiger partial charge in [-0.3, -0.25) is 14.5 Å². The Morgan fingerprint density at radius 1 is 1.07 bits per heavy atom. The van der Waals surface area contributed by atoms with Gasteiger partial charge >= 0.3 is 5.97 Å². The third-order valence-electron chi connectivity index (χ3n) is 5.90. The Balaban J connectivity index is 1.54. The Morgan fingerprint density at radius 3 is 2.07 bits per heavy atom. The highest BCUT2D eigenvalue weighted by Gasteiger charge is 2.66. The van der Waals surface area contributed by atoms with Crippen LogP contribution in [-0.4, -0.2) is 34.0 Å². The van der Waals surface area contributed by atoms with Crippen molar-refractivity contribution < 1.29 is 19.1 Å². The Kier molecular flexibility index (Phi) is 4.95. The minimum absolute atomic E-state index is 0.114. The lowest BCUT2D eigenvalue weighted by Crippen LogP contribution is -2.37. The molecule has 0 spiro atoms. The first-order valence-electron chi connectivity index (χ1n) is 9.24. The molecule has 4 rings (SSSR count). The molecule has 0 unspecified atom stereocenters. The fraction of sp³-hybridized carbons (Fsp3) is 0.550. The SMILES string of the molecule is CC(C)COC(=O)c1ccc(N2C(=O)[C@@H]3[C@H]4C[C@@H]([C@H](Br)[C@@H]4Br)[C@@H]3C2=O)cc1. The molecule has 27 heavy (non-hydrogen) atoms. The van der Waals surface area contributed by atoms with E-state index in [1.165, 1.54) is 4.90 Å². The van der Waals surface area contributed by atoms with E-state index in [0.29, 0.717) is 17.9 Å². The predicted octanol–water partition coefficient (Wildman–Crippen LogP) is 3.78. The molecule has 5 nitrogen and oxygen atoms in total. The van der Waals surface area contributed by atoms with Gasteiger partial charge in [-0.15, -0.1) is 0 Å². The molecule has 2 amide bonds. The number of anilines is 1. The number of benzene rings is 1. The molecule has 3 aliphatic rings. The van der Waals surface area contributed by atoms with Gasteiger partial charge in [0.05, 0.1) is 29.7 Å². The third-order valence-corrected chi connectivity index (χ3v) is 9.10. The molecule has 1 aliphatic heterocycles. The number of alkyl halides is 2. The number of hydrogen-bond donors (Lipinski definition) is 0. The van der Waals surface area contributed by atoms with Crippen LogP contribution in [0.4, 0.5) is 5.69 Å². The summed E-state index contributed by atoms with van der Waals surface area (Å²) in [5.74, 6) is -0.458. The number of carbonyl (C=O) groups excluding carboxylic acids is 3. The normalized spacial score (nSPS) is 34.5. The van der Waals surface area contributed by atoms with Crippen LogP contribution in [0.2, 0.25) is 0 Å². The molecule has 1 heterocycles. The fourth-order valence-electron chi connectivity index (χ4n) is 4.68. The van der Waals surface area contributed by atoms with Crippen molar-refractivity contribution in [2.24, 2.45) is 29.6 Å². The predicted molar refractivity (Wildman–Crippen MR) is 108 cm³/mol. The summed E-state index contributed by atoms with van der Waals surface area (Å²) in [6, 6.07) is 6.54. The number of esters is 1. The second-order valence-electron chi connectivity index (χ2n) is 8.05. The van der Waals surface area contributed by atoms with Crippen LogP contribution in [0, 0.1) is 29.6 Å². The Bertz CT molecular complexity index is 762. The van der Waals surface area contributed by atoms with Gasteiger partial charge in [0.15, 0.2) is 0 Å². The molecule has 0 aromatic heterocycles. The Labute approximate surface area is 175 Å². The van der Waals surface area contributed by atoms with Crippen molar-refractivity contribution in [1.29, 1.82) is 0 Å². The lowest BCUT2D eigenvalue weighted by Gasteiger charge is -2.28. The number of imide groups is 1. The topological polar surface area (TPSA) is 63.7 Å². The standard InChI is InChI=1S/C20H21Br2NO4/c1-9(2)8-27-20(26)10-3-5-11(6-4-10)23-18(24)14-12-7-13(15(14)19(23)25)17(22)16(12)21/h3-6,9,12-17H,7-8H2,1-2H3/t12-,13-,14-,15+,16-,17+/m1/s1. The van der Waals surface area contributed by atoms with Crippen molar-refractivity contribution >= 4 is 55.3 Å². The summed E-state index contributed by atoms with van der Waals surface area (Å²) in [6.45, 7) is 4.30. The number of amides is 2. The van der Waals surface area contributed by atoms with Crippen LogP contribution in [0.15, 0.2) is 24.3 Å². The van der Waals surface area contributed by atoms with E-state index >= 15 is 0 Å². The summed E-state index contributed by atoms with van der Waals surface area (Å²) in [5.41, 5.74) is 0.941. The van der Waals surface area contributed by atoms with Crippen molar-refractivity contribution in [3.05, 3.63) is 29.8 Å². The molecule has 0 N–H and O–H groups in total. The number of fused-ring (bicyclic) bond motifs is 5. The summed E-state index contributed by atoms with van der Waals surface area (Å²) >= 11 is 7.38. The zero-order valence-corrected chi connectivity index (χ0v) is 18.3. The molecule has 144 valence electrons. The molecule has 0 radical (unpaired) electrons. The molecule has 7 heteroatoms. The van der Waals surface area contributed by atoms with Gasteiger partial charge in [0.25, 0.3) is 0 Å². The maximum atomic E-state index is 13.0. The number of nitrogens with zero attached hydrogens (tertiary/aromatic N) is 1. The minimum Gasteiger partial charge on any atom is -0.462 e. The van der Waals surface area contributed by atoms with Crippen LogP contribution in [0.5, 0.6) is 0 Å². The van der Waals surface area contributed by atoms with E-state index in [9.17, 15) is 14.4 Å². The monoisotopic (exact) mass is 497 g/mol. The van der Waals surface area contributed by atoms with E-state index in [1.807, 2.05) is 13.8 Å². The van der Waals surface area contributed by atoms with Crippen molar-refractivity contribution in [3.8, 4) is 0 Å². The van der Waals surface area contributed by atoms with Crippen molar-refractivity contribution in [3.63, 3.8) is 0 Å². The highest BCUT2D eigenvalue weighted by atomic mass is 79.9. The quantitative estimate of drug-likeness (QED) is 0.360. The highest BCUT2D eigenvalue weighted by molar-refractivity contribution is 9.12. The van der Waals surface area contributed by atoms with Crippen LogP contribution in [0.3, 0.4) is 0 Å². The number of rotatable bonds is 4. The molecular weight excluding hydrogens is 478 g/mol. The van der Waals surface area contributed by atoms with Crippen LogP contribution in [-0.2, 0) is 14.3 Å². The van der Waals surface area contributed by atoms with Crippen LogP contribution in [0.25, 0.3) is 0 Å². The van der Waals surface area contributed by atoms with Crippen LogP contribution in [0.1, 0.15) is 30.6 Å². The molecule has 1 saturated heterocycles. The van der Waals surface area contributed by atoms with Crippen LogP contribution >= 0.6 is 31.9 Å².